The fourth-order valence-electron chi connectivity index (χ4n) is 2.53. The zero-order chi connectivity index (χ0) is 19.8. The van der Waals surface area contributed by atoms with E-state index in [2.05, 4.69) is 51.8 Å². The van der Waals surface area contributed by atoms with E-state index in [9.17, 15) is 4.79 Å². The molecule has 0 saturated carbocycles. The Balaban J connectivity index is 1.90. The monoisotopic (exact) mass is 388 g/mol. The smallest absolute Gasteiger partial charge is 0.350 e. The molecule has 0 amide bonds. The van der Waals surface area contributed by atoms with Gasteiger partial charge in [0.15, 0.2) is 5.96 Å². The summed E-state index contributed by atoms with van der Waals surface area (Å²) in [6.45, 7) is 8.85. The first-order valence-corrected chi connectivity index (χ1v) is 9.93. The van der Waals surface area contributed by atoms with Gasteiger partial charge in [-0.25, -0.2) is 9.78 Å². The third kappa shape index (κ3) is 6.06. The van der Waals surface area contributed by atoms with Gasteiger partial charge in [0.1, 0.15) is 9.88 Å². The number of benzene rings is 1. The molecule has 0 spiro atoms. The molecule has 0 radical (unpaired) electrons. The zero-order valence-corrected chi connectivity index (χ0v) is 17.4. The van der Waals surface area contributed by atoms with Crippen LogP contribution in [0.15, 0.2) is 29.3 Å². The first-order chi connectivity index (χ1) is 12.9. The van der Waals surface area contributed by atoms with E-state index in [4.69, 9.17) is 4.74 Å². The Labute approximate surface area is 165 Å². The molecule has 0 aliphatic carbocycles. The molecule has 2 aromatic rings. The van der Waals surface area contributed by atoms with Gasteiger partial charge in [0.05, 0.1) is 18.3 Å². The van der Waals surface area contributed by atoms with Gasteiger partial charge >= 0.3 is 5.97 Å². The number of nitrogens with zero attached hydrogens (tertiary/aromatic N) is 2. The van der Waals surface area contributed by atoms with E-state index in [1.165, 1.54) is 22.5 Å². The molecule has 0 fully saturated rings. The fourth-order valence-corrected chi connectivity index (χ4v) is 3.49. The largest absolute Gasteiger partial charge is 0.462 e. The van der Waals surface area contributed by atoms with Crippen LogP contribution in [0.1, 0.15) is 51.4 Å². The minimum Gasteiger partial charge on any atom is -0.462 e. The van der Waals surface area contributed by atoms with E-state index in [0.29, 0.717) is 23.1 Å². The number of aromatic nitrogens is 1. The first kappa shape index (κ1) is 20.9. The molecule has 6 nitrogen and oxygen atoms in total. The predicted octanol–water partition coefficient (Wildman–Crippen LogP) is 3.41. The molecular weight excluding hydrogens is 360 g/mol. The summed E-state index contributed by atoms with van der Waals surface area (Å²) in [6, 6.07) is 8.46. The van der Waals surface area contributed by atoms with Crippen molar-refractivity contribution in [2.24, 2.45) is 4.99 Å². The molecular formula is C20H28N4O2S. The Bertz CT molecular complexity index is 784. The van der Waals surface area contributed by atoms with Crippen molar-refractivity contribution in [2.75, 3.05) is 20.2 Å². The van der Waals surface area contributed by atoms with E-state index in [1.807, 2.05) is 13.8 Å². The Kier molecular flexibility index (Phi) is 7.79. The maximum Gasteiger partial charge on any atom is 0.350 e. The summed E-state index contributed by atoms with van der Waals surface area (Å²) < 4.78 is 5.08. The van der Waals surface area contributed by atoms with Gasteiger partial charge in [-0.2, -0.15) is 0 Å². The van der Waals surface area contributed by atoms with Crippen LogP contribution in [0.4, 0.5) is 0 Å². The highest BCUT2D eigenvalue weighted by molar-refractivity contribution is 7.13. The van der Waals surface area contributed by atoms with E-state index >= 15 is 0 Å². The number of carbonyl (C=O) groups excluding carboxylic acids is 1. The molecule has 1 aromatic heterocycles. The van der Waals surface area contributed by atoms with Crippen molar-refractivity contribution in [3.05, 3.63) is 51.0 Å². The predicted molar refractivity (Wildman–Crippen MR) is 111 cm³/mol. The average molecular weight is 389 g/mol. The van der Waals surface area contributed by atoms with Crippen LogP contribution >= 0.6 is 11.3 Å². The number of carbonyl (C=O) groups is 1. The summed E-state index contributed by atoms with van der Waals surface area (Å²) in [7, 11) is 1.74. The molecule has 7 heteroatoms. The van der Waals surface area contributed by atoms with Crippen LogP contribution in [0.25, 0.3) is 0 Å². The first-order valence-electron chi connectivity index (χ1n) is 9.11. The summed E-state index contributed by atoms with van der Waals surface area (Å²) in [5, 5.41) is 7.48. The number of nitrogens with one attached hydrogen (secondary N) is 2. The van der Waals surface area contributed by atoms with Crippen molar-refractivity contribution in [1.82, 2.24) is 15.6 Å². The summed E-state index contributed by atoms with van der Waals surface area (Å²) >= 11 is 1.36. The van der Waals surface area contributed by atoms with Gasteiger partial charge in [-0.15, -0.1) is 11.3 Å². The Hall–Kier alpha value is -2.41. The lowest BCUT2D eigenvalue weighted by atomic mass is 10.1. The highest BCUT2D eigenvalue weighted by Crippen LogP contribution is 2.24. The Morgan fingerprint density at radius 3 is 2.63 bits per heavy atom. The van der Waals surface area contributed by atoms with Crippen molar-refractivity contribution in [3.63, 3.8) is 0 Å². The van der Waals surface area contributed by atoms with E-state index < -0.39 is 0 Å². The van der Waals surface area contributed by atoms with Crippen molar-refractivity contribution in [1.29, 1.82) is 0 Å². The molecule has 0 aliphatic heterocycles. The lowest BCUT2D eigenvalue weighted by molar-refractivity contribution is 0.0531. The average Bonchev–Trinajstić information content (AvgIpc) is 3.04. The molecule has 146 valence electrons. The maximum absolute atomic E-state index is 12.0. The highest BCUT2D eigenvalue weighted by Gasteiger charge is 2.20. The molecule has 2 N–H and O–H groups in total. The molecule has 0 bridgehead atoms. The number of thiazole rings is 1. The topological polar surface area (TPSA) is 75.6 Å². The maximum atomic E-state index is 12.0. The summed E-state index contributed by atoms with van der Waals surface area (Å²) in [4.78, 5) is 21.3. The van der Waals surface area contributed by atoms with Crippen LogP contribution in [0.2, 0.25) is 0 Å². The van der Waals surface area contributed by atoms with Gasteiger partial charge in [0, 0.05) is 13.6 Å². The molecule has 1 aromatic carbocycles. The van der Waals surface area contributed by atoms with Gasteiger partial charge < -0.3 is 15.4 Å². The number of esters is 1. The molecule has 2 rings (SSSR count). The SMILES string of the molecule is CCOC(=O)c1sc(C(C)NC(=NC)NCCc2ccc(C)cc2)nc1C. The molecule has 1 unspecified atom stereocenters. The standard InChI is InChI=1S/C20H28N4O2S/c1-6-26-19(25)17-14(3)23-18(27-17)15(4)24-20(21-5)22-12-11-16-9-7-13(2)8-10-16/h7-10,15H,6,11-12H2,1-5H3,(H2,21,22,24). The fraction of sp³-hybridized carbons (Fsp3) is 0.450. The van der Waals surface area contributed by atoms with Crippen LogP contribution in [0, 0.1) is 13.8 Å². The molecule has 1 heterocycles. The van der Waals surface area contributed by atoms with Crippen LogP contribution in [0.5, 0.6) is 0 Å². The lowest BCUT2D eigenvalue weighted by Gasteiger charge is -2.16. The minimum atomic E-state index is -0.313. The molecule has 1 atom stereocenters. The van der Waals surface area contributed by atoms with E-state index in [1.54, 1.807) is 14.0 Å². The summed E-state index contributed by atoms with van der Waals surface area (Å²) in [5.74, 6) is 0.395. The van der Waals surface area contributed by atoms with E-state index in [-0.39, 0.29) is 12.0 Å². The molecule has 0 saturated heterocycles. The van der Waals surface area contributed by atoms with Gasteiger partial charge in [-0.05, 0) is 39.7 Å². The van der Waals surface area contributed by atoms with Gasteiger partial charge in [0.2, 0.25) is 0 Å². The number of guanidine groups is 1. The number of aliphatic imine (C=N–C) groups is 1. The minimum absolute atomic E-state index is 0.0672. The normalized spacial score (nSPS) is 12.6. The number of aryl methyl sites for hydroxylation is 2. The number of hydrogen-bond acceptors (Lipinski definition) is 5. The van der Waals surface area contributed by atoms with Crippen LogP contribution < -0.4 is 10.6 Å². The summed E-state index contributed by atoms with van der Waals surface area (Å²) in [6.07, 6.45) is 0.915. The Morgan fingerprint density at radius 1 is 1.30 bits per heavy atom. The third-order valence-electron chi connectivity index (χ3n) is 4.05. The van der Waals surface area contributed by atoms with Gasteiger partial charge in [0.25, 0.3) is 0 Å². The lowest BCUT2D eigenvalue weighted by Crippen LogP contribution is -2.39. The third-order valence-corrected chi connectivity index (χ3v) is 5.37. The molecule has 0 aliphatic rings. The number of rotatable bonds is 7. The van der Waals surface area contributed by atoms with Crippen LogP contribution in [-0.4, -0.2) is 37.1 Å². The van der Waals surface area contributed by atoms with Crippen molar-refractivity contribution in [3.8, 4) is 0 Å². The van der Waals surface area contributed by atoms with E-state index in [0.717, 1.165) is 18.0 Å². The zero-order valence-electron chi connectivity index (χ0n) is 16.6. The molecule has 27 heavy (non-hydrogen) atoms. The quantitative estimate of drug-likeness (QED) is 0.432. The summed E-state index contributed by atoms with van der Waals surface area (Å²) in [5.41, 5.74) is 3.24. The highest BCUT2D eigenvalue weighted by atomic mass is 32.1. The number of hydrogen-bond donors (Lipinski definition) is 2. The van der Waals surface area contributed by atoms with Crippen LogP contribution in [-0.2, 0) is 11.2 Å². The van der Waals surface area contributed by atoms with Crippen molar-refractivity contribution >= 4 is 23.3 Å². The van der Waals surface area contributed by atoms with Gasteiger partial charge in [-0.3, -0.25) is 4.99 Å². The Morgan fingerprint density at radius 2 is 2.00 bits per heavy atom. The second-order valence-corrected chi connectivity index (χ2v) is 7.32. The second-order valence-electron chi connectivity index (χ2n) is 6.29. The number of ether oxygens (including phenoxy) is 1. The van der Waals surface area contributed by atoms with Crippen molar-refractivity contribution < 1.29 is 9.53 Å². The van der Waals surface area contributed by atoms with Crippen molar-refractivity contribution in [2.45, 2.75) is 40.2 Å². The second kappa shape index (κ2) is 10.1. The van der Waals surface area contributed by atoms with Gasteiger partial charge in [-0.1, -0.05) is 29.8 Å². The van der Waals surface area contributed by atoms with Crippen LogP contribution in [0.3, 0.4) is 0 Å².